The van der Waals surface area contributed by atoms with E-state index in [2.05, 4.69) is 16.0 Å². The summed E-state index contributed by atoms with van der Waals surface area (Å²) in [6.45, 7) is 3.45. The average molecular weight is 386 g/mol. The second-order valence-corrected chi connectivity index (χ2v) is 6.16. The van der Waals surface area contributed by atoms with E-state index in [-0.39, 0.29) is 28.4 Å². The molecule has 3 aromatic rings. The lowest BCUT2D eigenvalue weighted by molar-refractivity contribution is -0.385. The molecule has 0 saturated heterocycles. The molecule has 0 saturated carbocycles. The number of nitro benzene ring substituents is 1. The zero-order chi connectivity index (χ0) is 21.1. The van der Waals surface area contributed by atoms with Gasteiger partial charge in [0.2, 0.25) is 5.75 Å². The fraction of sp³-hybridized carbons (Fsp3) is 0.100. The number of nitrogen functional groups attached to an aromatic ring is 1. The van der Waals surface area contributed by atoms with Crippen molar-refractivity contribution in [3.63, 3.8) is 0 Å². The Morgan fingerprint density at radius 2 is 1.69 bits per heavy atom. The second-order valence-electron chi connectivity index (χ2n) is 6.16. The molecule has 2 N–H and O–H groups in total. The third-order valence-electron chi connectivity index (χ3n) is 4.20. The maximum absolute atomic E-state index is 11.7. The minimum absolute atomic E-state index is 0.0248. The molecular weight excluding hydrogens is 372 g/mol. The highest BCUT2D eigenvalue weighted by Crippen LogP contribution is 2.45. The average Bonchev–Trinajstić information content (AvgIpc) is 2.71. The molecule has 9 heteroatoms. The molecule has 0 unspecified atom stereocenters. The van der Waals surface area contributed by atoms with Gasteiger partial charge in [0.1, 0.15) is 11.8 Å². The molecule has 3 rings (SSSR count). The number of hydrogen-bond donors (Lipinski definition) is 1. The lowest BCUT2D eigenvalue weighted by Gasteiger charge is -2.17. The molecule has 1 heterocycles. The first kappa shape index (κ1) is 19.3. The topological polar surface area (TPSA) is 152 Å². The van der Waals surface area contributed by atoms with Crippen LogP contribution in [0.4, 0.5) is 11.4 Å². The summed E-state index contributed by atoms with van der Waals surface area (Å²) in [4.78, 5) is 19.3. The van der Waals surface area contributed by atoms with E-state index in [1.54, 1.807) is 32.0 Å². The Kier molecular flexibility index (Phi) is 5.07. The number of aromatic nitrogens is 2. The number of aryl methyl sites for hydroxylation is 2. The molecule has 0 atom stereocenters. The summed E-state index contributed by atoms with van der Waals surface area (Å²) in [6.07, 6.45) is 2.91. The van der Waals surface area contributed by atoms with Crippen molar-refractivity contribution in [2.24, 2.45) is 0 Å². The van der Waals surface area contributed by atoms with E-state index in [1.807, 2.05) is 6.07 Å². The van der Waals surface area contributed by atoms with Crippen LogP contribution < -0.4 is 10.5 Å². The molecule has 0 fully saturated rings. The van der Waals surface area contributed by atoms with Crippen LogP contribution in [0.3, 0.4) is 0 Å². The summed E-state index contributed by atoms with van der Waals surface area (Å²) in [5, 5.41) is 30.2. The van der Waals surface area contributed by atoms with E-state index in [0.717, 1.165) is 6.07 Å². The van der Waals surface area contributed by atoms with Crippen molar-refractivity contribution in [2.45, 2.75) is 13.8 Å². The zero-order valence-electron chi connectivity index (χ0n) is 15.5. The van der Waals surface area contributed by atoms with Crippen molar-refractivity contribution in [3.05, 3.63) is 69.0 Å². The van der Waals surface area contributed by atoms with Gasteiger partial charge in [0.25, 0.3) is 0 Å². The molecule has 29 heavy (non-hydrogen) atoms. The van der Waals surface area contributed by atoms with Crippen LogP contribution in [0.15, 0.2) is 36.7 Å². The monoisotopic (exact) mass is 386 g/mol. The van der Waals surface area contributed by atoms with Gasteiger partial charge in [-0.1, -0.05) is 0 Å². The molecule has 142 valence electrons. The van der Waals surface area contributed by atoms with Crippen molar-refractivity contribution in [2.75, 3.05) is 5.73 Å². The third-order valence-corrected chi connectivity index (χ3v) is 4.20. The van der Waals surface area contributed by atoms with E-state index >= 15 is 0 Å². The van der Waals surface area contributed by atoms with E-state index in [0.29, 0.717) is 22.4 Å². The van der Waals surface area contributed by atoms with Gasteiger partial charge in [0, 0.05) is 18.5 Å². The molecule has 0 aliphatic heterocycles. The minimum Gasteiger partial charge on any atom is -0.449 e. The van der Waals surface area contributed by atoms with Gasteiger partial charge < -0.3 is 10.5 Å². The van der Waals surface area contributed by atoms with Crippen LogP contribution in [0.1, 0.15) is 22.3 Å². The van der Waals surface area contributed by atoms with Crippen molar-refractivity contribution in [1.29, 1.82) is 10.5 Å². The second kappa shape index (κ2) is 7.62. The first-order valence-corrected chi connectivity index (χ1v) is 8.35. The number of nitrogens with two attached hydrogens (primary N) is 1. The molecule has 1 aromatic heterocycles. The summed E-state index contributed by atoms with van der Waals surface area (Å²) >= 11 is 0. The molecule has 2 aromatic carbocycles. The molecule has 9 nitrogen and oxygen atoms in total. The molecular formula is C20H14N6O3. The minimum atomic E-state index is -0.656. The Labute approximate surface area is 165 Å². The first-order chi connectivity index (χ1) is 13.9. The fourth-order valence-corrected chi connectivity index (χ4v) is 2.92. The number of hydrogen-bond acceptors (Lipinski definition) is 8. The van der Waals surface area contributed by atoms with Crippen LogP contribution in [0.5, 0.6) is 11.5 Å². The number of nitriles is 2. The van der Waals surface area contributed by atoms with Gasteiger partial charge in [-0.05, 0) is 43.2 Å². The molecule has 0 bridgehead atoms. The van der Waals surface area contributed by atoms with Gasteiger partial charge >= 0.3 is 5.69 Å². The van der Waals surface area contributed by atoms with Crippen molar-refractivity contribution in [1.82, 2.24) is 9.97 Å². The van der Waals surface area contributed by atoms with Crippen LogP contribution in [-0.2, 0) is 0 Å². The van der Waals surface area contributed by atoms with Crippen molar-refractivity contribution in [3.8, 4) is 35.0 Å². The SMILES string of the molecule is Cc1cc(C#N)cc(C)c1Oc1c([N+](=O)[O-])cc(C#N)c(N)c1-c1ncccn1. The first-order valence-electron chi connectivity index (χ1n) is 8.35. The Balaban J connectivity index is 2.34. The van der Waals surface area contributed by atoms with E-state index in [9.17, 15) is 15.4 Å². The highest BCUT2D eigenvalue weighted by Gasteiger charge is 2.29. The molecule has 0 spiro atoms. The van der Waals surface area contributed by atoms with Crippen LogP contribution >= 0.6 is 0 Å². The Hall–Kier alpha value is -4.50. The normalized spacial score (nSPS) is 10.1. The number of nitro groups is 1. The van der Waals surface area contributed by atoms with Crippen molar-refractivity contribution >= 4 is 11.4 Å². The van der Waals surface area contributed by atoms with Gasteiger partial charge in [0.15, 0.2) is 5.82 Å². The van der Waals surface area contributed by atoms with E-state index in [4.69, 9.17) is 15.7 Å². The predicted molar refractivity (Wildman–Crippen MR) is 104 cm³/mol. The highest BCUT2D eigenvalue weighted by molar-refractivity contribution is 5.87. The van der Waals surface area contributed by atoms with Gasteiger partial charge in [-0.15, -0.1) is 0 Å². The maximum atomic E-state index is 11.7. The quantitative estimate of drug-likeness (QED) is 0.404. The number of nitrogens with zero attached hydrogens (tertiary/aromatic N) is 5. The lowest BCUT2D eigenvalue weighted by Crippen LogP contribution is -2.05. The maximum Gasteiger partial charge on any atom is 0.313 e. The van der Waals surface area contributed by atoms with Gasteiger partial charge in [-0.3, -0.25) is 10.1 Å². The Morgan fingerprint density at radius 3 is 2.21 bits per heavy atom. The van der Waals surface area contributed by atoms with Gasteiger partial charge in [0.05, 0.1) is 33.4 Å². The number of benzene rings is 2. The van der Waals surface area contributed by atoms with Crippen LogP contribution in [0, 0.1) is 46.6 Å². The smallest absolute Gasteiger partial charge is 0.313 e. The van der Waals surface area contributed by atoms with E-state index in [1.165, 1.54) is 12.4 Å². The molecule has 0 radical (unpaired) electrons. The van der Waals surface area contributed by atoms with Crippen LogP contribution in [0.2, 0.25) is 0 Å². The summed E-state index contributed by atoms with van der Waals surface area (Å²) in [5.41, 5.74) is 7.28. The molecule has 0 aliphatic rings. The summed E-state index contributed by atoms with van der Waals surface area (Å²) < 4.78 is 5.98. The summed E-state index contributed by atoms with van der Waals surface area (Å²) in [7, 11) is 0. The van der Waals surface area contributed by atoms with Gasteiger partial charge in [-0.2, -0.15) is 10.5 Å². The third kappa shape index (κ3) is 3.53. The molecule has 0 aliphatic carbocycles. The fourth-order valence-electron chi connectivity index (χ4n) is 2.92. The van der Waals surface area contributed by atoms with E-state index < -0.39 is 10.6 Å². The van der Waals surface area contributed by atoms with Gasteiger partial charge in [-0.25, -0.2) is 9.97 Å². The highest BCUT2D eigenvalue weighted by atomic mass is 16.6. The lowest BCUT2D eigenvalue weighted by atomic mass is 10.0. The number of anilines is 1. The van der Waals surface area contributed by atoms with Crippen LogP contribution in [-0.4, -0.2) is 14.9 Å². The standard InChI is InChI=1S/C20H14N6O3/c1-11-6-13(9-21)7-12(2)18(11)29-19-15(26(27)28)8-14(10-22)17(23)16(19)20-24-4-3-5-25-20/h3-8H,23H2,1-2H3. The summed E-state index contributed by atoms with van der Waals surface area (Å²) in [5.74, 6) is 0.256. The predicted octanol–water partition coefficient (Wildman–Crippen LogP) is 3.79. The Morgan fingerprint density at radius 1 is 1.07 bits per heavy atom. The number of rotatable bonds is 4. The van der Waals surface area contributed by atoms with Crippen LogP contribution in [0.25, 0.3) is 11.4 Å². The number of ether oxygens (including phenoxy) is 1. The van der Waals surface area contributed by atoms with Crippen molar-refractivity contribution < 1.29 is 9.66 Å². The zero-order valence-corrected chi connectivity index (χ0v) is 15.5. The largest absolute Gasteiger partial charge is 0.449 e. The Bertz CT molecular complexity index is 1190. The summed E-state index contributed by atoms with van der Waals surface area (Å²) in [6, 6.07) is 9.77. The molecule has 0 amide bonds.